The number of benzene rings is 2. The first kappa shape index (κ1) is 17.1. The first-order chi connectivity index (χ1) is 10.4. The average Bonchev–Trinajstić information content (AvgIpc) is 2.49. The fourth-order valence-corrected chi connectivity index (χ4v) is 1.92. The van der Waals surface area contributed by atoms with Gasteiger partial charge in [-0.2, -0.15) is 0 Å². The zero-order chi connectivity index (χ0) is 16.2. The van der Waals surface area contributed by atoms with Crippen molar-refractivity contribution in [1.29, 1.82) is 0 Å². The minimum atomic E-state index is -3.03. The predicted octanol–water partition coefficient (Wildman–Crippen LogP) is 5.99. The molecule has 2 rings (SSSR count). The number of hydrogen-bond donors (Lipinski definition) is 0. The predicted molar refractivity (Wildman–Crippen MR) is 83.6 cm³/mol. The molecular formula is C15H11Cl3F2O2. The summed E-state index contributed by atoms with van der Waals surface area (Å²) in [7, 11) is 0. The summed E-state index contributed by atoms with van der Waals surface area (Å²) in [5.41, 5.74) is 0.977. The molecule has 22 heavy (non-hydrogen) atoms. The largest absolute Gasteiger partial charge is 0.457 e. The highest BCUT2D eigenvalue weighted by Gasteiger charge is 2.38. The SMILES string of the molecule is FC(F)C(Cl)(Cl)Oc1ccc(Oc2ccc(CCl)cc2)cc1. The van der Waals surface area contributed by atoms with E-state index < -0.39 is 10.9 Å². The van der Waals surface area contributed by atoms with Gasteiger partial charge in [0.2, 0.25) is 0 Å². The Bertz CT molecular complexity index is 601. The van der Waals surface area contributed by atoms with Crippen molar-refractivity contribution < 1.29 is 18.3 Å². The van der Waals surface area contributed by atoms with Gasteiger partial charge >= 0.3 is 10.9 Å². The number of ether oxygens (including phenoxy) is 2. The third-order valence-electron chi connectivity index (χ3n) is 2.65. The monoisotopic (exact) mass is 366 g/mol. The molecular weight excluding hydrogens is 357 g/mol. The van der Waals surface area contributed by atoms with E-state index in [1.54, 1.807) is 24.3 Å². The Morgan fingerprint density at radius 2 is 1.32 bits per heavy atom. The summed E-state index contributed by atoms with van der Waals surface area (Å²) < 4.78 is 32.8. The molecule has 2 nitrogen and oxygen atoms in total. The van der Waals surface area contributed by atoms with Gasteiger partial charge in [-0.05, 0) is 42.0 Å². The summed E-state index contributed by atoms with van der Waals surface area (Å²) in [5, 5.41) is 0. The van der Waals surface area contributed by atoms with Crippen LogP contribution >= 0.6 is 34.8 Å². The first-order valence-corrected chi connectivity index (χ1v) is 7.47. The third kappa shape index (κ3) is 4.63. The molecule has 0 unspecified atom stereocenters. The Morgan fingerprint density at radius 1 is 0.864 bits per heavy atom. The lowest BCUT2D eigenvalue weighted by molar-refractivity contribution is 0.0322. The van der Waals surface area contributed by atoms with Crippen LogP contribution < -0.4 is 9.47 Å². The van der Waals surface area contributed by atoms with Gasteiger partial charge in [0, 0.05) is 5.88 Å². The normalized spacial score (nSPS) is 11.5. The van der Waals surface area contributed by atoms with E-state index in [-0.39, 0.29) is 5.75 Å². The molecule has 0 aliphatic rings. The Hall–Kier alpha value is -1.23. The van der Waals surface area contributed by atoms with Crippen molar-refractivity contribution in [3.8, 4) is 17.2 Å². The van der Waals surface area contributed by atoms with Crippen molar-refractivity contribution >= 4 is 34.8 Å². The van der Waals surface area contributed by atoms with Gasteiger partial charge in [0.1, 0.15) is 17.2 Å². The van der Waals surface area contributed by atoms with E-state index in [0.717, 1.165) is 5.56 Å². The topological polar surface area (TPSA) is 18.5 Å². The van der Waals surface area contributed by atoms with Gasteiger partial charge in [0.15, 0.2) is 0 Å². The highest BCUT2D eigenvalue weighted by Crippen LogP contribution is 2.33. The van der Waals surface area contributed by atoms with E-state index in [0.29, 0.717) is 17.4 Å². The fourth-order valence-electron chi connectivity index (χ4n) is 1.56. The molecule has 0 atom stereocenters. The molecule has 0 aliphatic carbocycles. The van der Waals surface area contributed by atoms with Gasteiger partial charge in [-0.15, -0.1) is 11.6 Å². The van der Waals surface area contributed by atoms with Crippen LogP contribution in [0, 0.1) is 0 Å². The third-order valence-corrected chi connectivity index (χ3v) is 3.44. The molecule has 2 aromatic carbocycles. The number of rotatable bonds is 6. The molecule has 0 saturated carbocycles. The van der Waals surface area contributed by atoms with Crippen LogP contribution in [-0.2, 0) is 5.88 Å². The first-order valence-electron chi connectivity index (χ1n) is 6.18. The molecule has 0 bridgehead atoms. The molecule has 0 aromatic heterocycles. The second kappa shape index (κ2) is 7.36. The lowest BCUT2D eigenvalue weighted by atomic mass is 10.2. The minimum absolute atomic E-state index is 0.107. The summed E-state index contributed by atoms with van der Waals surface area (Å²) in [6.07, 6.45) is -3.03. The van der Waals surface area contributed by atoms with Gasteiger partial charge in [-0.3, -0.25) is 0 Å². The van der Waals surface area contributed by atoms with Crippen molar-refractivity contribution in [3.63, 3.8) is 0 Å². The van der Waals surface area contributed by atoms with Gasteiger partial charge in [-0.1, -0.05) is 35.3 Å². The van der Waals surface area contributed by atoms with Crippen LogP contribution in [0.4, 0.5) is 8.78 Å². The lowest BCUT2D eigenvalue weighted by Crippen LogP contribution is -2.30. The van der Waals surface area contributed by atoms with Crippen LogP contribution in [0.1, 0.15) is 5.56 Å². The molecule has 0 aliphatic heterocycles. The summed E-state index contributed by atoms with van der Waals surface area (Å²) in [6.45, 7) is 0. The summed E-state index contributed by atoms with van der Waals surface area (Å²) in [6, 6.07) is 13.2. The standard InChI is InChI=1S/C15H11Cl3F2O2/c16-9-10-1-3-11(4-2-10)21-12-5-7-13(8-6-12)22-15(17,18)14(19)20/h1-8,14H,9H2. The van der Waals surface area contributed by atoms with Crippen molar-refractivity contribution in [2.45, 2.75) is 16.8 Å². The maximum atomic E-state index is 12.5. The summed E-state index contributed by atoms with van der Waals surface area (Å²) >= 11 is 16.4. The van der Waals surface area contributed by atoms with Gasteiger partial charge in [-0.25, -0.2) is 8.78 Å². The minimum Gasteiger partial charge on any atom is -0.457 e. The summed E-state index contributed by atoms with van der Waals surface area (Å²) in [4.78, 5) is 0. The maximum Gasteiger partial charge on any atom is 0.319 e. The van der Waals surface area contributed by atoms with E-state index in [4.69, 9.17) is 44.3 Å². The van der Waals surface area contributed by atoms with E-state index >= 15 is 0 Å². The molecule has 0 spiro atoms. The molecule has 0 amide bonds. The number of halogens is 5. The Balaban J connectivity index is 2.02. The van der Waals surface area contributed by atoms with Crippen molar-refractivity contribution in [1.82, 2.24) is 0 Å². The van der Waals surface area contributed by atoms with E-state index in [2.05, 4.69) is 0 Å². The molecule has 0 N–H and O–H groups in total. The van der Waals surface area contributed by atoms with Gasteiger partial charge < -0.3 is 9.47 Å². The smallest absolute Gasteiger partial charge is 0.319 e. The van der Waals surface area contributed by atoms with Crippen molar-refractivity contribution in [2.75, 3.05) is 0 Å². The van der Waals surface area contributed by atoms with Crippen LogP contribution in [-0.4, -0.2) is 10.9 Å². The quantitative estimate of drug-likeness (QED) is 0.584. The fraction of sp³-hybridized carbons (Fsp3) is 0.200. The zero-order valence-electron chi connectivity index (χ0n) is 11.1. The van der Waals surface area contributed by atoms with Crippen LogP contribution in [0.3, 0.4) is 0 Å². The van der Waals surface area contributed by atoms with Crippen LogP contribution in [0.5, 0.6) is 17.2 Å². The Kier molecular flexibility index (Phi) is 5.73. The Morgan fingerprint density at radius 3 is 1.77 bits per heavy atom. The number of alkyl halides is 5. The molecule has 2 aromatic rings. The second-order valence-corrected chi connectivity index (χ2v) is 5.90. The summed E-state index contributed by atoms with van der Waals surface area (Å²) in [5.74, 6) is 1.67. The van der Waals surface area contributed by atoms with E-state index in [1.165, 1.54) is 12.1 Å². The zero-order valence-corrected chi connectivity index (χ0v) is 13.4. The van der Waals surface area contributed by atoms with Crippen LogP contribution in [0.2, 0.25) is 0 Å². The lowest BCUT2D eigenvalue weighted by Gasteiger charge is -2.20. The van der Waals surface area contributed by atoms with Crippen LogP contribution in [0.25, 0.3) is 0 Å². The molecule has 118 valence electrons. The molecule has 0 saturated heterocycles. The maximum absolute atomic E-state index is 12.5. The highest BCUT2D eigenvalue weighted by molar-refractivity contribution is 6.47. The van der Waals surface area contributed by atoms with Gasteiger partial charge in [0.05, 0.1) is 0 Å². The molecule has 0 heterocycles. The van der Waals surface area contributed by atoms with Crippen molar-refractivity contribution in [3.05, 3.63) is 54.1 Å². The van der Waals surface area contributed by atoms with Crippen molar-refractivity contribution in [2.24, 2.45) is 0 Å². The molecule has 0 fully saturated rings. The second-order valence-electron chi connectivity index (χ2n) is 4.32. The highest BCUT2D eigenvalue weighted by atomic mass is 35.5. The Labute approximate surface area is 141 Å². The molecule has 7 heteroatoms. The van der Waals surface area contributed by atoms with E-state index in [1.807, 2.05) is 12.1 Å². The van der Waals surface area contributed by atoms with Crippen LogP contribution in [0.15, 0.2) is 48.5 Å². The average molecular weight is 368 g/mol. The number of hydrogen-bond acceptors (Lipinski definition) is 2. The molecule has 0 radical (unpaired) electrons. The van der Waals surface area contributed by atoms with E-state index in [9.17, 15) is 8.78 Å². The van der Waals surface area contributed by atoms with Gasteiger partial charge in [0.25, 0.3) is 0 Å².